The largest absolute Gasteiger partial charge is 0.360 e. The Morgan fingerprint density at radius 2 is 2.20 bits per heavy atom. The number of likely N-dealkylation sites (tertiary alicyclic amines) is 1. The second kappa shape index (κ2) is 4.66. The molecule has 4 heteroatoms. The van der Waals surface area contributed by atoms with Gasteiger partial charge < -0.3 is 15.1 Å². The molecule has 0 amide bonds. The highest BCUT2D eigenvalue weighted by Crippen LogP contribution is 2.19. The van der Waals surface area contributed by atoms with E-state index < -0.39 is 0 Å². The lowest BCUT2D eigenvalue weighted by Gasteiger charge is -2.27. The third-order valence-electron chi connectivity index (χ3n) is 3.41. The van der Waals surface area contributed by atoms with Crippen molar-refractivity contribution in [3.05, 3.63) is 0 Å². The molecule has 1 aliphatic carbocycles. The van der Waals surface area contributed by atoms with Crippen LogP contribution in [0.15, 0.2) is 0 Å². The van der Waals surface area contributed by atoms with Crippen LogP contribution in [-0.4, -0.2) is 54.2 Å². The monoisotopic (exact) mass is 227 g/mol. The summed E-state index contributed by atoms with van der Waals surface area (Å²) in [5.74, 6) is 0. The first-order chi connectivity index (χ1) is 7.16. The summed E-state index contributed by atoms with van der Waals surface area (Å²) >= 11 is 5.36. The number of nitrogens with one attached hydrogen (secondary N) is 1. The zero-order chi connectivity index (χ0) is 10.8. The van der Waals surface area contributed by atoms with Crippen LogP contribution in [0.3, 0.4) is 0 Å². The Bertz CT molecular complexity index is 240. The maximum atomic E-state index is 5.36. The maximum Gasteiger partial charge on any atom is 0.168 e. The van der Waals surface area contributed by atoms with Gasteiger partial charge in [0.05, 0.1) is 0 Å². The highest BCUT2D eigenvalue weighted by molar-refractivity contribution is 7.80. The summed E-state index contributed by atoms with van der Waals surface area (Å²) in [4.78, 5) is 4.64. The standard InChI is InChI=1S/C11H21N3S/c1-13-7-3-4-10(13)8-14(2)11(15)12-9-5-6-9/h9-10H,3-8H2,1-2H3,(H,12,15). The molecule has 0 aromatic rings. The molecule has 2 aliphatic rings. The Balaban J connectivity index is 1.74. The maximum absolute atomic E-state index is 5.36. The lowest BCUT2D eigenvalue weighted by molar-refractivity contribution is 0.266. The molecular weight excluding hydrogens is 206 g/mol. The topological polar surface area (TPSA) is 18.5 Å². The number of thiocarbonyl (C=S) groups is 1. The summed E-state index contributed by atoms with van der Waals surface area (Å²) in [6.45, 7) is 2.30. The van der Waals surface area contributed by atoms with E-state index in [0.29, 0.717) is 12.1 Å². The van der Waals surface area contributed by atoms with E-state index in [1.165, 1.54) is 32.2 Å². The third-order valence-corrected chi connectivity index (χ3v) is 3.84. The lowest BCUT2D eigenvalue weighted by atomic mass is 10.2. The summed E-state index contributed by atoms with van der Waals surface area (Å²) in [5, 5.41) is 4.31. The highest BCUT2D eigenvalue weighted by atomic mass is 32.1. The van der Waals surface area contributed by atoms with Crippen LogP contribution in [0.5, 0.6) is 0 Å². The van der Waals surface area contributed by atoms with E-state index in [2.05, 4.69) is 29.2 Å². The molecule has 1 saturated carbocycles. The van der Waals surface area contributed by atoms with Crippen molar-refractivity contribution in [3.8, 4) is 0 Å². The number of likely N-dealkylation sites (N-methyl/N-ethyl adjacent to an activating group) is 2. The van der Waals surface area contributed by atoms with Crippen molar-refractivity contribution >= 4 is 17.3 Å². The van der Waals surface area contributed by atoms with Crippen molar-refractivity contribution in [2.75, 3.05) is 27.2 Å². The summed E-state index contributed by atoms with van der Waals surface area (Å²) in [7, 11) is 4.31. The quantitative estimate of drug-likeness (QED) is 0.726. The Morgan fingerprint density at radius 1 is 1.47 bits per heavy atom. The van der Waals surface area contributed by atoms with Gasteiger partial charge in [0.1, 0.15) is 0 Å². The van der Waals surface area contributed by atoms with Gasteiger partial charge >= 0.3 is 0 Å². The lowest BCUT2D eigenvalue weighted by Crippen LogP contribution is -2.44. The van der Waals surface area contributed by atoms with Crippen LogP contribution in [0.25, 0.3) is 0 Å². The molecule has 1 saturated heterocycles. The first-order valence-corrected chi connectivity index (χ1v) is 6.29. The second-order valence-corrected chi connectivity index (χ2v) is 5.27. The van der Waals surface area contributed by atoms with Gasteiger partial charge in [-0.05, 0) is 51.5 Å². The van der Waals surface area contributed by atoms with Crippen molar-refractivity contribution in [1.29, 1.82) is 0 Å². The van der Waals surface area contributed by atoms with Crippen molar-refractivity contribution in [3.63, 3.8) is 0 Å². The molecule has 2 fully saturated rings. The third kappa shape index (κ3) is 3.05. The van der Waals surface area contributed by atoms with Gasteiger partial charge in [0.15, 0.2) is 5.11 Å². The summed E-state index contributed by atoms with van der Waals surface area (Å²) in [5.41, 5.74) is 0. The second-order valence-electron chi connectivity index (χ2n) is 4.88. The summed E-state index contributed by atoms with van der Waals surface area (Å²) in [6.07, 6.45) is 5.22. The van der Waals surface area contributed by atoms with Crippen LogP contribution < -0.4 is 5.32 Å². The van der Waals surface area contributed by atoms with Crippen molar-refractivity contribution in [1.82, 2.24) is 15.1 Å². The van der Waals surface area contributed by atoms with Crippen LogP contribution in [0, 0.1) is 0 Å². The van der Waals surface area contributed by atoms with Crippen LogP contribution in [0.2, 0.25) is 0 Å². The molecular formula is C11H21N3S. The molecule has 0 aromatic heterocycles. The molecule has 1 aliphatic heterocycles. The first kappa shape index (κ1) is 11.1. The van der Waals surface area contributed by atoms with E-state index in [1.807, 2.05) is 0 Å². The number of hydrogen-bond acceptors (Lipinski definition) is 2. The summed E-state index contributed by atoms with van der Waals surface area (Å²) < 4.78 is 0. The minimum absolute atomic E-state index is 0.668. The molecule has 86 valence electrons. The predicted octanol–water partition coefficient (Wildman–Crippen LogP) is 1.05. The van der Waals surface area contributed by atoms with E-state index in [9.17, 15) is 0 Å². The molecule has 15 heavy (non-hydrogen) atoms. The fourth-order valence-corrected chi connectivity index (χ4v) is 2.36. The molecule has 1 N–H and O–H groups in total. The van der Waals surface area contributed by atoms with Crippen LogP contribution in [0.1, 0.15) is 25.7 Å². The van der Waals surface area contributed by atoms with Gasteiger partial charge in [0, 0.05) is 25.7 Å². The van der Waals surface area contributed by atoms with Gasteiger partial charge in [-0.25, -0.2) is 0 Å². The Labute approximate surface area is 97.8 Å². The number of hydrogen-bond donors (Lipinski definition) is 1. The Kier molecular flexibility index (Phi) is 3.46. The molecule has 1 heterocycles. The predicted molar refractivity (Wildman–Crippen MR) is 67.0 cm³/mol. The van der Waals surface area contributed by atoms with E-state index in [1.54, 1.807) is 0 Å². The van der Waals surface area contributed by atoms with Gasteiger partial charge in [-0.1, -0.05) is 0 Å². The fraction of sp³-hybridized carbons (Fsp3) is 0.909. The minimum Gasteiger partial charge on any atom is -0.360 e. The van der Waals surface area contributed by atoms with E-state index >= 15 is 0 Å². The van der Waals surface area contributed by atoms with E-state index in [0.717, 1.165) is 11.7 Å². The molecule has 0 radical (unpaired) electrons. The minimum atomic E-state index is 0.668. The normalized spacial score (nSPS) is 26.7. The highest BCUT2D eigenvalue weighted by Gasteiger charge is 2.26. The average Bonchev–Trinajstić information content (AvgIpc) is 2.92. The SMILES string of the molecule is CN(CC1CCCN1C)C(=S)NC1CC1. The Morgan fingerprint density at radius 3 is 2.73 bits per heavy atom. The van der Waals surface area contributed by atoms with Gasteiger partial charge in [-0.2, -0.15) is 0 Å². The summed E-state index contributed by atoms with van der Waals surface area (Å²) in [6, 6.07) is 1.36. The van der Waals surface area contributed by atoms with Crippen molar-refractivity contribution in [2.24, 2.45) is 0 Å². The first-order valence-electron chi connectivity index (χ1n) is 5.88. The molecule has 0 spiro atoms. The Hall–Kier alpha value is -0.350. The zero-order valence-electron chi connectivity index (χ0n) is 9.70. The van der Waals surface area contributed by atoms with E-state index in [4.69, 9.17) is 12.2 Å². The molecule has 3 nitrogen and oxygen atoms in total. The van der Waals surface area contributed by atoms with E-state index in [-0.39, 0.29) is 0 Å². The smallest absolute Gasteiger partial charge is 0.168 e. The molecule has 1 atom stereocenters. The average molecular weight is 227 g/mol. The number of nitrogens with zero attached hydrogens (tertiary/aromatic N) is 2. The molecule has 2 rings (SSSR count). The van der Waals surface area contributed by atoms with Gasteiger partial charge in [0.25, 0.3) is 0 Å². The van der Waals surface area contributed by atoms with Crippen LogP contribution in [-0.2, 0) is 0 Å². The van der Waals surface area contributed by atoms with Crippen molar-refractivity contribution in [2.45, 2.75) is 37.8 Å². The molecule has 0 aromatic carbocycles. The fourth-order valence-electron chi connectivity index (χ4n) is 2.12. The van der Waals surface area contributed by atoms with Gasteiger partial charge in [-0.3, -0.25) is 0 Å². The van der Waals surface area contributed by atoms with Crippen LogP contribution in [0.4, 0.5) is 0 Å². The molecule has 1 unspecified atom stereocenters. The van der Waals surface area contributed by atoms with Crippen LogP contribution >= 0.6 is 12.2 Å². The van der Waals surface area contributed by atoms with Gasteiger partial charge in [0.2, 0.25) is 0 Å². The van der Waals surface area contributed by atoms with Gasteiger partial charge in [-0.15, -0.1) is 0 Å². The number of rotatable bonds is 3. The van der Waals surface area contributed by atoms with Crippen molar-refractivity contribution < 1.29 is 0 Å². The molecule has 0 bridgehead atoms. The zero-order valence-corrected chi connectivity index (χ0v) is 10.5.